The van der Waals surface area contributed by atoms with E-state index in [0.717, 1.165) is 38.3 Å². The number of nitrogens with zero attached hydrogens (tertiary/aromatic N) is 1. The fourth-order valence-electron chi connectivity index (χ4n) is 3.85. The summed E-state index contributed by atoms with van der Waals surface area (Å²) >= 11 is 0. The highest BCUT2D eigenvalue weighted by Crippen LogP contribution is 2.45. The lowest BCUT2D eigenvalue weighted by atomic mass is 9.87. The quantitative estimate of drug-likeness (QED) is 0.816. The van der Waals surface area contributed by atoms with E-state index in [0.29, 0.717) is 6.04 Å². The first-order chi connectivity index (χ1) is 10.6. The summed E-state index contributed by atoms with van der Waals surface area (Å²) in [5.41, 5.74) is 1.24. The van der Waals surface area contributed by atoms with Gasteiger partial charge in [0.2, 0.25) is 0 Å². The van der Waals surface area contributed by atoms with Crippen LogP contribution in [0.2, 0.25) is 0 Å². The average Bonchev–Trinajstić information content (AvgIpc) is 2.54. The van der Waals surface area contributed by atoms with Gasteiger partial charge in [0.25, 0.3) is 0 Å². The van der Waals surface area contributed by atoms with Crippen LogP contribution in [0.25, 0.3) is 10.8 Å². The molecule has 0 amide bonds. The number of hydrogen-bond acceptors (Lipinski definition) is 3. The first-order valence-electron chi connectivity index (χ1n) is 8.29. The smallest absolute Gasteiger partial charge is 0.132 e. The zero-order valence-electron chi connectivity index (χ0n) is 14.2. The van der Waals surface area contributed by atoms with Crippen molar-refractivity contribution in [3.8, 4) is 5.75 Å². The Labute approximate surface area is 156 Å². The number of hydrogen-bond donors (Lipinski definition) is 1. The molecular weight excluding hydrogens is 343 g/mol. The first kappa shape index (κ1) is 19.3. The first-order valence-corrected chi connectivity index (χ1v) is 8.29. The third-order valence-corrected chi connectivity index (χ3v) is 4.92. The highest BCUT2D eigenvalue weighted by molar-refractivity contribution is 5.90. The molecular formula is C19H26Cl2N2O. The van der Waals surface area contributed by atoms with Crippen LogP contribution in [0.5, 0.6) is 5.75 Å². The molecule has 1 saturated heterocycles. The lowest BCUT2D eigenvalue weighted by molar-refractivity contribution is 0.0275. The zero-order chi connectivity index (χ0) is 15.2. The molecule has 0 saturated carbocycles. The van der Waals surface area contributed by atoms with Crippen LogP contribution < -0.4 is 10.1 Å². The lowest BCUT2D eigenvalue weighted by Gasteiger charge is -2.44. The van der Waals surface area contributed by atoms with E-state index < -0.39 is 0 Å². The number of benzene rings is 2. The van der Waals surface area contributed by atoms with Gasteiger partial charge >= 0.3 is 0 Å². The maximum absolute atomic E-state index is 6.41. The van der Waals surface area contributed by atoms with Gasteiger partial charge < -0.3 is 10.1 Å². The topological polar surface area (TPSA) is 24.5 Å². The van der Waals surface area contributed by atoms with Crippen LogP contribution in [0, 0.1) is 0 Å². The van der Waals surface area contributed by atoms with Gasteiger partial charge in [-0.1, -0.05) is 36.4 Å². The van der Waals surface area contributed by atoms with Crippen molar-refractivity contribution in [3.63, 3.8) is 0 Å². The fraction of sp³-hybridized carbons (Fsp3) is 0.474. The predicted octanol–water partition coefficient (Wildman–Crippen LogP) is 4.19. The molecule has 0 aromatic heterocycles. The monoisotopic (exact) mass is 368 g/mol. The highest BCUT2D eigenvalue weighted by atomic mass is 35.5. The Hall–Kier alpha value is -1.000. The molecule has 1 fully saturated rings. The van der Waals surface area contributed by atoms with Crippen molar-refractivity contribution < 1.29 is 4.74 Å². The summed E-state index contributed by atoms with van der Waals surface area (Å²) in [5, 5.41) is 5.96. The average molecular weight is 369 g/mol. The number of nitrogens with one attached hydrogen (secondary N) is 1. The Morgan fingerprint density at radius 3 is 2.50 bits per heavy atom. The molecule has 0 radical (unpaired) electrons. The highest BCUT2D eigenvalue weighted by Gasteiger charge is 2.37. The molecule has 5 heteroatoms. The van der Waals surface area contributed by atoms with Crippen LogP contribution in [-0.4, -0.2) is 36.7 Å². The number of halogens is 2. The summed E-state index contributed by atoms with van der Waals surface area (Å²) in [6, 6.07) is 13.5. The molecule has 2 aliphatic rings. The molecule has 1 unspecified atom stereocenters. The molecule has 24 heavy (non-hydrogen) atoms. The molecule has 2 heterocycles. The van der Waals surface area contributed by atoms with E-state index >= 15 is 0 Å². The van der Waals surface area contributed by atoms with E-state index in [1.807, 2.05) is 0 Å². The van der Waals surface area contributed by atoms with Crippen molar-refractivity contribution in [2.24, 2.45) is 0 Å². The number of piperazine rings is 1. The van der Waals surface area contributed by atoms with Crippen LogP contribution in [0.15, 0.2) is 36.4 Å². The second kappa shape index (κ2) is 7.49. The maximum Gasteiger partial charge on any atom is 0.132 e. The van der Waals surface area contributed by atoms with Gasteiger partial charge in [-0.25, -0.2) is 0 Å². The van der Waals surface area contributed by atoms with Crippen LogP contribution in [0.4, 0.5) is 0 Å². The van der Waals surface area contributed by atoms with Gasteiger partial charge in [-0.05, 0) is 19.2 Å². The minimum Gasteiger partial charge on any atom is -0.487 e. The van der Waals surface area contributed by atoms with E-state index in [2.05, 4.69) is 60.5 Å². The van der Waals surface area contributed by atoms with Crippen molar-refractivity contribution in [2.45, 2.75) is 31.9 Å². The summed E-state index contributed by atoms with van der Waals surface area (Å²) in [5.74, 6) is 1.10. The molecule has 3 nitrogen and oxygen atoms in total. The SMILES string of the molecule is CC1(C)CC(N2CCNCC2)c2ccc3ccccc3c2O1.Cl.Cl. The van der Waals surface area contributed by atoms with Crippen molar-refractivity contribution >= 4 is 35.6 Å². The molecule has 1 atom stereocenters. The molecule has 4 rings (SSSR count). The van der Waals surface area contributed by atoms with Gasteiger partial charge in [0.1, 0.15) is 11.4 Å². The van der Waals surface area contributed by atoms with Gasteiger partial charge in [-0.2, -0.15) is 0 Å². The predicted molar refractivity (Wildman–Crippen MR) is 105 cm³/mol. The Balaban J connectivity index is 0.00000104. The molecule has 2 aliphatic heterocycles. The molecule has 1 N–H and O–H groups in total. The standard InChI is InChI=1S/C19H24N2O.2ClH/c1-19(2)13-17(21-11-9-20-10-12-21)16-8-7-14-5-3-4-6-15(14)18(16)22-19;;/h3-8,17,20H,9-13H2,1-2H3;2*1H. The Morgan fingerprint density at radius 1 is 1.04 bits per heavy atom. The van der Waals surface area contributed by atoms with E-state index in [1.165, 1.54) is 16.3 Å². The van der Waals surface area contributed by atoms with Gasteiger partial charge in [0, 0.05) is 49.6 Å². The van der Waals surface area contributed by atoms with Crippen molar-refractivity contribution in [2.75, 3.05) is 26.2 Å². The molecule has 2 aromatic rings. The number of fused-ring (bicyclic) bond motifs is 3. The van der Waals surface area contributed by atoms with Crippen LogP contribution in [0.1, 0.15) is 31.9 Å². The minimum absolute atomic E-state index is 0. The van der Waals surface area contributed by atoms with Gasteiger partial charge in [-0.15, -0.1) is 24.8 Å². The van der Waals surface area contributed by atoms with Crippen LogP contribution in [-0.2, 0) is 0 Å². The zero-order valence-corrected chi connectivity index (χ0v) is 15.9. The molecule has 0 aliphatic carbocycles. The molecule has 0 spiro atoms. The fourth-order valence-corrected chi connectivity index (χ4v) is 3.85. The van der Waals surface area contributed by atoms with E-state index in [1.54, 1.807) is 0 Å². The largest absolute Gasteiger partial charge is 0.487 e. The lowest BCUT2D eigenvalue weighted by Crippen LogP contribution is -2.48. The Bertz CT molecular complexity index is 699. The van der Waals surface area contributed by atoms with Crippen molar-refractivity contribution in [3.05, 3.63) is 42.0 Å². The number of rotatable bonds is 1. The van der Waals surface area contributed by atoms with Gasteiger partial charge in [0.15, 0.2) is 0 Å². The second-order valence-corrected chi connectivity index (χ2v) is 7.07. The number of ether oxygens (including phenoxy) is 1. The Kier molecular flexibility index (Phi) is 6.03. The summed E-state index contributed by atoms with van der Waals surface area (Å²) in [6.45, 7) is 8.83. The van der Waals surface area contributed by atoms with Crippen molar-refractivity contribution in [1.82, 2.24) is 10.2 Å². The third kappa shape index (κ3) is 3.50. The van der Waals surface area contributed by atoms with E-state index in [-0.39, 0.29) is 30.4 Å². The van der Waals surface area contributed by atoms with Gasteiger partial charge in [-0.3, -0.25) is 4.90 Å². The molecule has 132 valence electrons. The molecule has 2 aromatic carbocycles. The van der Waals surface area contributed by atoms with E-state index in [4.69, 9.17) is 4.74 Å². The third-order valence-electron chi connectivity index (χ3n) is 4.92. The van der Waals surface area contributed by atoms with Crippen molar-refractivity contribution in [1.29, 1.82) is 0 Å². The molecule has 0 bridgehead atoms. The van der Waals surface area contributed by atoms with Crippen LogP contribution >= 0.6 is 24.8 Å². The summed E-state index contributed by atoms with van der Waals surface area (Å²) in [4.78, 5) is 2.62. The normalized spacial score (nSPS) is 22.7. The summed E-state index contributed by atoms with van der Waals surface area (Å²) in [6.07, 6.45) is 1.05. The second-order valence-electron chi connectivity index (χ2n) is 7.07. The summed E-state index contributed by atoms with van der Waals surface area (Å²) < 4.78 is 6.41. The minimum atomic E-state index is -0.118. The maximum atomic E-state index is 6.41. The Morgan fingerprint density at radius 2 is 1.75 bits per heavy atom. The van der Waals surface area contributed by atoms with E-state index in [9.17, 15) is 0 Å². The van der Waals surface area contributed by atoms with Gasteiger partial charge in [0.05, 0.1) is 0 Å². The summed E-state index contributed by atoms with van der Waals surface area (Å²) in [7, 11) is 0. The van der Waals surface area contributed by atoms with Crippen LogP contribution in [0.3, 0.4) is 0 Å².